The Labute approximate surface area is 169 Å². The van der Waals surface area contributed by atoms with Gasteiger partial charge in [0.25, 0.3) is 5.91 Å². The standard InChI is InChI=1S/C20H26N6O3/c1-14(27)26(9-7-18-23-19(29-24-18)15-4-2-5-15)17-6-3-8-25(12-17)20(28)16-10-21-13-22-11-16/h10-11,13,15,17H,2-9,12H2,1H3. The summed E-state index contributed by atoms with van der Waals surface area (Å²) in [4.78, 5) is 41.0. The van der Waals surface area contributed by atoms with Crippen LogP contribution in [0.25, 0.3) is 0 Å². The van der Waals surface area contributed by atoms with Crippen molar-refractivity contribution < 1.29 is 14.1 Å². The lowest BCUT2D eigenvalue weighted by Gasteiger charge is -2.39. The largest absolute Gasteiger partial charge is 0.339 e. The fraction of sp³-hybridized carbons (Fsp3) is 0.600. The van der Waals surface area contributed by atoms with E-state index in [1.54, 1.807) is 11.8 Å². The molecular weight excluding hydrogens is 372 g/mol. The summed E-state index contributed by atoms with van der Waals surface area (Å²) in [6.07, 6.45) is 10.2. The molecular formula is C20H26N6O3. The molecule has 0 radical (unpaired) electrons. The van der Waals surface area contributed by atoms with Gasteiger partial charge in [0.1, 0.15) is 6.33 Å². The van der Waals surface area contributed by atoms with Crippen LogP contribution in [0.2, 0.25) is 0 Å². The summed E-state index contributed by atoms with van der Waals surface area (Å²) in [5.74, 6) is 1.67. The average molecular weight is 398 g/mol. The van der Waals surface area contributed by atoms with Gasteiger partial charge in [0.15, 0.2) is 5.82 Å². The number of carbonyl (C=O) groups excluding carboxylic acids is 2. The highest BCUT2D eigenvalue weighted by molar-refractivity contribution is 5.93. The summed E-state index contributed by atoms with van der Waals surface area (Å²) >= 11 is 0. The number of aromatic nitrogens is 4. The molecule has 1 atom stereocenters. The summed E-state index contributed by atoms with van der Waals surface area (Å²) in [5, 5.41) is 4.08. The van der Waals surface area contributed by atoms with Crippen LogP contribution in [-0.4, -0.2) is 67.4 Å². The van der Waals surface area contributed by atoms with Crippen LogP contribution < -0.4 is 0 Å². The van der Waals surface area contributed by atoms with Crippen LogP contribution >= 0.6 is 0 Å². The summed E-state index contributed by atoms with van der Waals surface area (Å²) in [6.45, 7) is 3.26. The summed E-state index contributed by atoms with van der Waals surface area (Å²) in [7, 11) is 0. The van der Waals surface area contributed by atoms with E-state index in [0.717, 1.165) is 31.6 Å². The van der Waals surface area contributed by atoms with Crippen molar-refractivity contribution in [2.24, 2.45) is 0 Å². The highest BCUT2D eigenvalue weighted by Gasteiger charge is 2.30. The van der Waals surface area contributed by atoms with Crippen molar-refractivity contribution in [2.75, 3.05) is 19.6 Å². The lowest BCUT2D eigenvalue weighted by molar-refractivity contribution is -0.132. The third-order valence-corrected chi connectivity index (χ3v) is 5.85. The second kappa shape index (κ2) is 8.67. The Morgan fingerprint density at radius 1 is 1.21 bits per heavy atom. The van der Waals surface area contributed by atoms with Crippen molar-refractivity contribution in [1.82, 2.24) is 29.9 Å². The van der Waals surface area contributed by atoms with Gasteiger partial charge < -0.3 is 14.3 Å². The number of carbonyl (C=O) groups is 2. The van der Waals surface area contributed by atoms with Gasteiger partial charge in [-0.15, -0.1) is 0 Å². The molecule has 0 aromatic carbocycles. The molecule has 9 heteroatoms. The molecule has 1 saturated heterocycles. The minimum absolute atomic E-state index is 0.00458. The minimum Gasteiger partial charge on any atom is -0.339 e. The predicted octanol–water partition coefficient (Wildman–Crippen LogP) is 1.82. The number of nitrogens with zero attached hydrogens (tertiary/aromatic N) is 6. The van der Waals surface area contributed by atoms with E-state index in [4.69, 9.17) is 4.52 Å². The van der Waals surface area contributed by atoms with Gasteiger partial charge in [-0.3, -0.25) is 9.59 Å². The van der Waals surface area contributed by atoms with Crippen molar-refractivity contribution in [2.45, 2.75) is 57.4 Å². The molecule has 0 N–H and O–H groups in total. The Morgan fingerprint density at radius 2 is 2.00 bits per heavy atom. The van der Waals surface area contributed by atoms with E-state index in [9.17, 15) is 9.59 Å². The third kappa shape index (κ3) is 4.44. The molecule has 0 bridgehead atoms. The topological polar surface area (TPSA) is 105 Å². The first-order valence-corrected chi connectivity index (χ1v) is 10.3. The summed E-state index contributed by atoms with van der Waals surface area (Å²) in [6, 6.07) is -0.0205. The molecule has 2 amide bonds. The molecule has 1 unspecified atom stereocenters. The Balaban J connectivity index is 1.37. The number of hydrogen-bond donors (Lipinski definition) is 0. The minimum atomic E-state index is -0.0953. The lowest BCUT2D eigenvalue weighted by atomic mass is 9.85. The second-order valence-corrected chi connectivity index (χ2v) is 7.81. The average Bonchev–Trinajstić information content (AvgIpc) is 3.15. The molecule has 3 heterocycles. The Kier molecular flexibility index (Phi) is 5.82. The third-order valence-electron chi connectivity index (χ3n) is 5.85. The Hall–Kier alpha value is -2.84. The molecule has 154 valence electrons. The zero-order valence-corrected chi connectivity index (χ0v) is 16.7. The van der Waals surface area contributed by atoms with Crippen molar-refractivity contribution in [3.05, 3.63) is 36.0 Å². The quantitative estimate of drug-likeness (QED) is 0.731. The van der Waals surface area contributed by atoms with E-state index in [-0.39, 0.29) is 17.9 Å². The Morgan fingerprint density at radius 3 is 2.69 bits per heavy atom. The molecule has 2 aromatic heterocycles. The zero-order chi connectivity index (χ0) is 20.2. The molecule has 1 saturated carbocycles. The highest BCUT2D eigenvalue weighted by atomic mass is 16.5. The van der Waals surface area contributed by atoms with Crippen molar-refractivity contribution in [1.29, 1.82) is 0 Å². The molecule has 29 heavy (non-hydrogen) atoms. The first-order valence-electron chi connectivity index (χ1n) is 10.3. The van der Waals surface area contributed by atoms with Gasteiger partial charge >= 0.3 is 0 Å². The number of hydrogen-bond acceptors (Lipinski definition) is 7. The van der Waals surface area contributed by atoms with Crippen molar-refractivity contribution in [3.63, 3.8) is 0 Å². The first kappa shape index (κ1) is 19.5. The molecule has 1 aliphatic heterocycles. The molecule has 2 aliphatic rings. The van der Waals surface area contributed by atoms with Crippen LogP contribution in [-0.2, 0) is 11.2 Å². The van der Waals surface area contributed by atoms with Gasteiger partial charge in [-0.2, -0.15) is 4.98 Å². The van der Waals surface area contributed by atoms with Crippen LogP contribution in [0.3, 0.4) is 0 Å². The van der Waals surface area contributed by atoms with E-state index in [2.05, 4.69) is 20.1 Å². The van der Waals surface area contributed by atoms with Crippen LogP contribution in [0, 0.1) is 0 Å². The summed E-state index contributed by atoms with van der Waals surface area (Å²) < 4.78 is 5.38. The maximum Gasteiger partial charge on any atom is 0.257 e. The van der Waals surface area contributed by atoms with E-state index in [0.29, 0.717) is 43.4 Å². The van der Waals surface area contributed by atoms with Crippen LogP contribution in [0.5, 0.6) is 0 Å². The van der Waals surface area contributed by atoms with E-state index in [1.165, 1.54) is 25.1 Å². The van der Waals surface area contributed by atoms with E-state index < -0.39 is 0 Å². The summed E-state index contributed by atoms with van der Waals surface area (Å²) in [5.41, 5.74) is 0.470. The monoisotopic (exact) mass is 398 g/mol. The van der Waals surface area contributed by atoms with E-state index in [1.807, 2.05) is 4.90 Å². The van der Waals surface area contributed by atoms with Crippen LogP contribution in [0.1, 0.15) is 67.0 Å². The molecule has 0 spiro atoms. The van der Waals surface area contributed by atoms with Crippen LogP contribution in [0.4, 0.5) is 0 Å². The molecule has 9 nitrogen and oxygen atoms in total. The SMILES string of the molecule is CC(=O)N(CCc1noc(C2CCC2)n1)C1CCCN(C(=O)c2cncnc2)C1. The zero-order valence-electron chi connectivity index (χ0n) is 16.7. The normalized spacial score (nSPS) is 19.6. The molecule has 1 aliphatic carbocycles. The van der Waals surface area contributed by atoms with Crippen molar-refractivity contribution in [3.8, 4) is 0 Å². The van der Waals surface area contributed by atoms with Gasteiger partial charge in [-0.1, -0.05) is 11.6 Å². The van der Waals surface area contributed by atoms with Gasteiger partial charge in [0.2, 0.25) is 11.8 Å². The van der Waals surface area contributed by atoms with Gasteiger partial charge in [0, 0.05) is 57.3 Å². The van der Waals surface area contributed by atoms with Crippen molar-refractivity contribution >= 4 is 11.8 Å². The Bertz CT molecular complexity index is 851. The fourth-order valence-electron chi connectivity index (χ4n) is 3.99. The van der Waals surface area contributed by atoms with Crippen LogP contribution in [0.15, 0.2) is 23.2 Å². The van der Waals surface area contributed by atoms with Gasteiger partial charge in [0.05, 0.1) is 5.56 Å². The number of rotatable bonds is 6. The molecule has 2 fully saturated rings. The predicted molar refractivity (Wildman–Crippen MR) is 103 cm³/mol. The highest BCUT2D eigenvalue weighted by Crippen LogP contribution is 2.35. The number of amides is 2. The van der Waals surface area contributed by atoms with Gasteiger partial charge in [-0.05, 0) is 25.7 Å². The maximum absolute atomic E-state index is 12.7. The number of likely N-dealkylation sites (tertiary alicyclic amines) is 1. The van der Waals surface area contributed by atoms with E-state index >= 15 is 0 Å². The molecule has 2 aromatic rings. The smallest absolute Gasteiger partial charge is 0.257 e. The van der Waals surface area contributed by atoms with Gasteiger partial charge in [-0.25, -0.2) is 9.97 Å². The lowest BCUT2D eigenvalue weighted by Crippen LogP contribution is -2.51. The number of piperidine rings is 1. The fourth-order valence-corrected chi connectivity index (χ4v) is 3.99. The second-order valence-electron chi connectivity index (χ2n) is 7.81. The first-order chi connectivity index (χ1) is 14.1. The molecule has 4 rings (SSSR count). The maximum atomic E-state index is 12.7.